The Labute approximate surface area is 114 Å². The molecule has 0 saturated carbocycles. The fourth-order valence-electron chi connectivity index (χ4n) is 1.83. The van der Waals surface area contributed by atoms with Gasteiger partial charge in [0, 0.05) is 24.4 Å². The first-order valence-corrected chi connectivity index (χ1v) is 6.09. The lowest BCUT2D eigenvalue weighted by molar-refractivity contribution is 0.602. The van der Waals surface area contributed by atoms with Crippen LogP contribution in [0, 0.1) is 5.82 Å². The van der Waals surface area contributed by atoms with E-state index in [2.05, 4.69) is 10.3 Å². The molecule has 0 aliphatic rings. The van der Waals surface area contributed by atoms with Crippen LogP contribution in [0.5, 0.6) is 0 Å². The number of halogens is 2. The van der Waals surface area contributed by atoms with E-state index < -0.39 is 5.82 Å². The highest BCUT2D eigenvalue weighted by Gasteiger charge is 2.11. The van der Waals surface area contributed by atoms with Crippen LogP contribution in [-0.4, -0.2) is 12.0 Å². The van der Waals surface area contributed by atoms with Gasteiger partial charge in [-0.05, 0) is 30.3 Å². The SMILES string of the molecule is CNc1ccc(-c2nc3cc(Cl)c(F)cc3o2)cc1. The van der Waals surface area contributed by atoms with Gasteiger partial charge in [-0.1, -0.05) is 11.6 Å². The summed E-state index contributed by atoms with van der Waals surface area (Å²) in [6.07, 6.45) is 0. The summed E-state index contributed by atoms with van der Waals surface area (Å²) in [6.45, 7) is 0. The molecule has 5 heteroatoms. The molecule has 0 aliphatic heterocycles. The molecule has 19 heavy (non-hydrogen) atoms. The van der Waals surface area contributed by atoms with Crippen LogP contribution in [0.1, 0.15) is 0 Å². The second-order valence-electron chi connectivity index (χ2n) is 4.08. The van der Waals surface area contributed by atoms with Gasteiger partial charge in [0.05, 0.1) is 5.02 Å². The molecular weight excluding hydrogens is 267 g/mol. The molecule has 0 unspecified atom stereocenters. The number of rotatable bonds is 2. The molecule has 3 aromatic rings. The molecule has 0 aliphatic carbocycles. The summed E-state index contributed by atoms with van der Waals surface area (Å²) in [6, 6.07) is 10.3. The third kappa shape index (κ3) is 2.15. The highest BCUT2D eigenvalue weighted by molar-refractivity contribution is 6.31. The van der Waals surface area contributed by atoms with Gasteiger partial charge in [-0.25, -0.2) is 9.37 Å². The molecule has 1 heterocycles. The molecule has 0 spiro atoms. The van der Waals surface area contributed by atoms with E-state index >= 15 is 0 Å². The third-order valence-corrected chi connectivity index (χ3v) is 3.14. The van der Waals surface area contributed by atoms with Crippen LogP contribution in [0.15, 0.2) is 40.8 Å². The first-order chi connectivity index (χ1) is 9.17. The van der Waals surface area contributed by atoms with E-state index in [1.54, 1.807) is 0 Å². The second-order valence-corrected chi connectivity index (χ2v) is 4.49. The van der Waals surface area contributed by atoms with Crippen LogP contribution < -0.4 is 5.32 Å². The van der Waals surface area contributed by atoms with E-state index in [0.717, 1.165) is 11.3 Å². The van der Waals surface area contributed by atoms with Crippen LogP contribution in [0.4, 0.5) is 10.1 Å². The van der Waals surface area contributed by atoms with Gasteiger partial charge in [-0.2, -0.15) is 0 Å². The van der Waals surface area contributed by atoms with Crippen molar-refractivity contribution in [3.8, 4) is 11.5 Å². The maximum atomic E-state index is 13.3. The fraction of sp³-hybridized carbons (Fsp3) is 0.0714. The summed E-state index contributed by atoms with van der Waals surface area (Å²) >= 11 is 5.72. The molecule has 0 radical (unpaired) electrons. The number of aromatic nitrogens is 1. The number of hydrogen-bond acceptors (Lipinski definition) is 3. The van der Waals surface area contributed by atoms with Crippen molar-refractivity contribution in [2.24, 2.45) is 0 Å². The van der Waals surface area contributed by atoms with Crippen LogP contribution in [0.3, 0.4) is 0 Å². The van der Waals surface area contributed by atoms with Crippen molar-refractivity contribution in [3.05, 3.63) is 47.2 Å². The number of nitrogens with zero attached hydrogens (tertiary/aromatic N) is 1. The van der Waals surface area contributed by atoms with E-state index in [1.165, 1.54) is 12.1 Å². The summed E-state index contributed by atoms with van der Waals surface area (Å²) < 4.78 is 18.9. The minimum Gasteiger partial charge on any atom is -0.436 e. The Morgan fingerprint density at radius 3 is 2.63 bits per heavy atom. The van der Waals surface area contributed by atoms with Gasteiger partial charge in [-0.3, -0.25) is 0 Å². The van der Waals surface area contributed by atoms with Crippen molar-refractivity contribution < 1.29 is 8.81 Å². The molecule has 96 valence electrons. The fourth-order valence-corrected chi connectivity index (χ4v) is 1.98. The van der Waals surface area contributed by atoms with Gasteiger partial charge < -0.3 is 9.73 Å². The van der Waals surface area contributed by atoms with Crippen molar-refractivity contribution in [2.45, 2.75) is 0 Å². The molecule has 2 aromatic carbocycles. The van der Waals surface area contributed by atoms with Crippen LogP contribution in [0.25, 0.3) is 22.6 Å². The highest BCUT2D eigenvalue weighted by Crippen LogP contribution is 2.28. The van der Waals surface area contributed by atoms with E-state index in [0.29, 0.717) is 17.0 Å². The van der Waals surface area contributed by atoms with E-state index in [1.807, 2.05) is 31.3 Å². The van der Waals surface area contributed by atoms with E-state index in [9.17, 15) is 4.39 Å². The number of benzene rings is 2. The second kappa shape index (κ2) is 4.55. The van der Waals surface area contributed by atoms with Gasteiger partial charge in [0.15, 0.2) is 5.58 Å². The minimum atomic E-state index is -0.512. The number of nitrogens with one attached hydrogen (secondary N) is 1. The quantitative estimate of drug-likeness (QED) is 0.757. The maximum absolute atomic E-state index is 13.3. The first-order valence-electron chi connectivity index (χ1n) is 5.71. The Kier molecular flexibility index (Phi) is 2.87. The van der Waals surface area contributed by atoms with Gasteiger partial charge in [0.2, 0.25) is 5.89 Å². The molecule has 0 atom stereocenters. The van der Waals surface area contributed by atoms with Crippen molar-refractivity contribution >= 4 is 28.4 Å². The van der Waals surface area contributed by atoms with Gasteiger partial charge in [0.1, 0.15) is 11.3 Å². The lowest BCUT2D eigenvalue weighted by Crippen LogP contribution is -1.86. The smallest absolute Gasteiger partial charge is 0.227 e. The molecule has 3 nitrogen and oxygen atoms in total. The Balaban J connectivity index is 2.09. The van der Waals surface area contributed by atoms with Crippen LogP contribution in [0.2, 0.25) is 5.02 Å². The Morgan fingerprint density at radius 1 is 1.21 bits per heavy atom. The average molecular weight is 277 g/mol. The molecular formula is C14H10ClFN2O. The lowest BCUT2D eigenvalue weighted by atomic mass is 10.2. The van der Waals surface area contributed by atoms with Crippen LogP contribution in [-0.2, 0) is 0 Å². The number of fused-ring (bicyclic) bond motifs is 1. The van der Waals surface area contributed by atoms with Crippen molar-refractivity contribution in [3.63, 3.8) is 0 Å². The Bertz CT molecular complexity index is 698. The zero-order valence-corrected chi connectivity index (χ0v) is 10.8. The van der Waals surface area contributed by atoms with Crippen molar-refractivity contribution in [1.29, 1.82) is 0 Å². The minimum absolute atomic E-state index is 0.0397. The highest BCUT2D eigenvalue weighted by atomic mass is 35.5. The summed E-state index contributed by atoms with van der Waals surface area (Å²) in [5.41, 5.74) is 2.74. The van der Waals surface area contributed by atoms with Crippen molar-refractivity contribution in [2.75, 3.05) is 12.4 Å². The predicted molar refractivity (Wildman–Crippen MR) is 74.0 cm³/mol. The summed E-state index contributed by atoms with van der Waals surface area (Å²) in [5.74, 6) is -0.0679. The number of hydrogen-bond donors (Lipinski definition) is 1. The maximum Gasteiger partial charge on any atom is 0.227 e. The molecule has 1 aromatic heterocycles. The molecule has 3 rings (SSSR count). The molecule has 0 bridgehead atoms. The van der Waals surface area contributed by atoms with E-state index in [4.69, 9.17) is 16.0 Å². The van der Waals surface area contributed by atoms with Crippen LogP contribution >= 0.6 is 11.6 Å². The summed E-state index contributed by atoms with van der Waals surface area (Å²) in [4.78, 5) is 4.30. The Hall–Kier alpha value is -2.07. The van der Waals surface area contributed by atoms with Gasteiger partial charge in [0.25, 0.3) is 0 Å². The average Bonchev–Trinajstić information content (AvgIpc) is 2.82. The van der Waals surface area contributed by atoms with Crippen molar-refractivity contribution in [1.82, 2.24) is 4.98 Å². The first kappa shape index (κ1) is 12.0. The number of anilines is 1. The molecule has 0 amide bonds. The zero-order chi connectivity index (χ0) is 13.4. The topological polar surface area (TPSA) is 38.1 Å². The molecule has 1 N–H and O–H groups in total. The van der Waals surface area contributed by atoms with Gasteiger partial charge >= 0.3 is 0 Å². The third-order valence-electron chi connectivity index (χ3n) is 2.85. The monoisotopic (exact) mass is 276 g/mol. The normalized spacial score (nSPS) is 10.9. The Morgan fingerprint density at radius 2 is 1.95 bits per heavy atom. The lowest BCUT2D eigenvalue weighted by Gasteiger charge is -1.99. The summed E-state index contributed by atoms with van der Waals surface area (Å²) in [7, 11) is 1.85. The summed E-state index contributed by atoms with van der Waals surface area (Å²) in [5, 5.41) is 3.07. The number of oxazole rings is 1. The zero-order valence-electron chi connectivity index (χ0n) is 10.1. The largest absolute Gasteiger partial charge is 0.436 e. The van der Waals surface area contributed by atoms with E-state index in [-0.39, 0.29) is 5.02 Å². The standard InChI is InChI=1S/C14H10ClFN2O/c1-17-9-4-2-8(3-5-9)14-18-12-6-10(15)11(16)7-13(12)19-14/h2-7,17H,1H3. The molecule has 0 fully saturated rings. The van der Waals surface area contributed by atoms with Gasteiger partial charge in [-0.15, -0.1) is 0 Å². The predicted octanol–water partition coefficient (Wildman–Crippen LogP) is 4.33. The molecule has 0 saturated heterocycles.